The molecule has 1 saturated heterocycles. The van der Waals surface area contributed by atoms with E-state index in [4.69, 9.17) is 9.72 Å². The van der Waals surface area contributed by atoms with Crippen molar-refractivity contribution in [3.63, 3.8) is 0 Å². The van der Waals surface area contributed by atoms with Crippen molar-refractivity contribution in [3.8, 4) is 5.75 Å². The summed E-state index contributed by atoms with van der Waals surface area (Å²) < 4.78 is 6.85. The van der Waals surface area contributed by atoms with E-state index >= 15 is 0 Å². The summed E-state index contributed by atoms with van der Waals surface area (Å²) in [7, 11) is 0. The van der Waals surface area contributed by atoms with Crippen molar-refractivity contribution in [3.05, 3.63) is 54.1 Å². The zero-order valence-corrected chi connectivity index (χ0v) is 16.9. The predicted molar refractivity (Wildman–Crippen MR) is 114 cm³/mol. The van der Waals surface area contributed by atoms with Crippen LogP contribution in [0.5, 0.6) is 5.75 Å². The van der Waals surface area contributed by atoms with Crippen LogP contribution in [-0.2, 0) is 4.79 Å². The van der Waals surface area contributed by atoms with Crippen molar-refractivity contribution in [2.45, 2.75) is 19.8 Å². The number of piperidine rings is 1. The number of anilines is 1. The zero-order chi connectivity index (χ0) is 19.3. The molecule has 4 rings (SSSR count). The van der Waals surface area contributed by atoms with Crippen LogP contribution in [0.4, 0.5) is 5.13 Å². The molecule has 1 aliphatic rings. The number of amides is 1. The van der Waals surface area contributed by atoms with Crippen LogP contribution >= 0.6 is 11.3 Å². The summed E-state index contributed by atoms with van der Waals surface area (Å²) in [6, 6.07) is 16.0. The second-order valence-electron chi connectivity index (χ2n) is 7.25. The normalized spacial score (nSPS) is 15.0. The summed E-state index contributed by atoms with van der Waals surface area (Å²) in [5.74, 6) is 1.21. The van der Waals surface area contributed by atoms with Crippen molar-refractivity contribution in [1.82, 2.24) is 10.3 Å². The molecule has 2 aromatic carbocycles. The van der Waals surface area contributed by atoms with Gasteiger partial charge in [0, 0.05) is 19.6 Å². The Balaban J connectivity index is 1.21. The highest BCUT2D eigenvalue weighted by Crippen LogP contribution is 2.31. The maximum atomic E-state index is 12.1. The van der Waals surface area contributed by atoms with Gasteiger partial charge in [-0.1, -0.05) is 41.7 Å². The van der Waals surface area contributed by atoms with Crippen LogP contribution in [0.1, 0.15) is 18.4 Å². The fraction of sp³-hybridized carbons (Fsp3) is 0.364. The summed E-state index contributed by atoms with van der Waals surface area (Å²) in [6.07, 6.45) is 2.13. The highest BCUT2D eigenvalue weighted by molar-refractivity contribution is 7.22. The van der Waals surface area contributed by atoms with Gasteiger partial charge in [-0.05, 0) is 49.4 Å². The second kappa shape index (κ2) is 8.61. The Labute approximate surface area is 169 Å². The third-order valence-corrected chi connectivity index (χ3v) is 6.31. The Hall–Kier alpha value is -2.60. The number of carbonyl (C=O) groups is 1. The lowest BCUT2D eigenvalue weighted by atomic mass is 9.97. The molecule has 1 amide bonds. The molecule has 1 fully saturated rings. The number of benzene rings is 2. The van der Waals surface area contributed by atoms with Crippen LogP contribution in [0.3, 0.4) is 0 Å². The van der Waals surface area contributed by atoms with Crippen LogP contribution in [0, 0.1) is 12.8 Å². The molecule has 0 spiro atoms. The van der Waals surface area contributed by atoms with Gasteiger partial charge in [0.15, 0.2) is 11.7 Å². The minimum absolute atomic E-state index is 0.0585. The molecule has 0 radical (unpaired) electrons. The molecule has 1 N–H and O–H groups in total. The molecule has 1 aliphatic heterocycles. The summed E-state index contributed by atoms with van der Waals surface area (Å²) in [5, 5.41) is 4.13. The van der Waals surface area contributed by atoms with Crippen LogP contribution in [-0.4, -0.2) is 37.1 Å². The molecule has 28 heavy (non-hydrogen) atoms. The van der Waals surface area contributed by atoms with Gasteiger partial charge in [0.1, 0.15) is 5.75 Å². The number of para-hydroxylation sites is 2. The quantitative estimate of drug-likeness (QED) is 0.685. The van der Waals surface area contributed by atoms with E-state index in [1.165, 1.54) is 4.70 Å². The molecule has 0 bridgehead atoms. The topological polar surface area (TPSA) is 54.5 Å². The maximum Gasteiger partial charge on any atom is 0.257 e. The number of rotatable bonds is 6. The van der Waals surface area contributed by atoms with Crippen molar-refractivity contribution in [2.75, 3.05) is 31.1 Å². The highest BCUT2D eigenvalue weighted by atomic mass is 32.1. The van der Waals surface area contributed by atoms with Gasteiger partial charge < -0.3 is 15.0 Å². The Morgan fingerprint density at radius 2 is 1.93 bits per heavy atom. The fourth-order valence-electron chi connectivity index (χ4n) is 3.49. The highest BCUT2D eigenvalue weighted by Gasteiger charge is 2.22. The van der Waals surface area contributed by atoms with E-state index in [-0.39, 0.29) is 12.5 Å². The number of nitrogens with one attached hydrogen (secondary N) is 1. The van der Waals surface area contributed by atoms with Crippen molar-refractivity contribution in [1.29, 1.82) is 0 Å². The fourth-order valence-corrected chi connectivity index (χ4v) is 4.51. The van der Waals surface area contributed by atoms with E-state index in [1.807, 2.05) is 37.3 Å². The molecule has 3 aromatic rings. The van der Waals surface area contributed by atoms with Crippen molar-refractivity contribution < 1.29 is 9.53 Å². The van der Waals surface area contributed by atoms with Gasteiger partial charge in [0.05, 0.1) is 10.2 Å². The number of hydrogen-bond donors (Lipinski definition) is 1. The summed E-state index contributed by atoms with van der Waals surface area (Å²) in [4.78, 5) is 19.2. The molecule has 2 heterocycles. The van der Waals surface area contributed by atoms with Gasteiger partial charge in [-0.3, -0.25) is 4.79 Å². The van der Waals surface area contributed by atoms with E-state index in [1.54, 1.807) is 11.3 Å². The number of fused-ring (bicyclic) bond motifs is 1. The number of nitrogens with zero attached hydrogens (tertiary/aromatic N) is 2. The third-order valence-electron chi connectivity index (χ3n) is 5.21. The van der Waals surface area contributed by atoms with Gasteiger partial charge in [-0.2, -0.15) is 0 Å². The smallest absolute Gasteiger partial charge is 0.257 e. The predicted octanol–water partition coefficient (Wildman–Crippen LogP) is 4.02. The summed E-state index contributed by atoms with van der Waals surface area (Å²) in [6.45, 7) is 4.73. The van der Waals surface area contributed by atoms with E-state index in [2.05, 4.69) is 28.4 Å². The van der Waals surface area contributed by atoms with E-state index in [0.717, 1.165) is 47.9 Å². The number of aromatic nitrogens is 1. The first-order chi connectivity index (χ1) is 13.7. The molecule has 1 aromatic heterocycles. The molecule has 0 saturated carbocycles. The SMILES string of the molecule is Cc1ccccc1OCC(=O)NCC1CCN(c2nc3ccccc3s2)CC1. The van der Waals surface area contributed by atoms with Gasteiger partial charge >= 0.3 is 0 Å². The first kappa shape index (κ1) is 18.7. The molecule has 146 valence electrons. The summed E-state index contributed by atoms with van der Waals surface area (Å²) in [5.41, 5.74) is 2.11. The number of carbonyl (C=O) groups excluding carboxylic acids is 1. The minimum atomic E-state index is -0.0585. The van der Waals surface area contributed by atoms with Crippen molar-refractivity contribution in [2.24, 2.45) is 5.92 Å². The number of thiazole rings is 1. The van der Waals surface area contributed by atoms with Crippen LogP contribution in [0.2, 0.25) is 0 Å². The van der Waals surface area contributed by atoms with Gasteiger partial charge in [0.2, 0.25) is 0 Å². The molecular weight excluding hydrogens is 370 g/mol. The first-order valence-corrected chi connectivity index (χ1v) is 10.6. The van der Waals surface area contributed by atoms with Crippen molar-refractivity contribution >= 4 is 32.6 Å². The lowest BCUT2D eigenvalue weighted by molar-refractivity contribution is -0.123. The molecule has 0 aliphatic carbocycles. The molecule has 6 heteroatoms. The number of ether oxygens (including phenoxy) is 1. The van der Waals surface area contributed by atoms with Gasteiger partial charge in [0.25, 0.3) is 5.91 Å². The average Bonchev–Trinajstić information content (AvgIpc) is 3.16. The molecular formula is C22H25N3O2S. The lowest BCUT2D eigenvalue weighted by Gasteiger charge is -2.31. The van der Waals surface area contributed by atoms with Gasteiger partial charge in [-0.25, -0.2) is 4.98 Å². The van der Waals surface area contributed by atoms with E-state index in [9.17, 15) is 4.79 Å². The van der Waals surface area contributed by atoms with E-state index in [0.29, 0.717) is 12.5 Å². The van der Waals surface area contributed by atoms with Crippen LogP contribution in [0.15, 0.2) is 48.5 Å². The van der Waals surface area contributed by atoms with Gasteiger partial charge in [-0.15, -0.1) is 0 Å². The van der Waals surface area contributed by atoms with Crippen LogP contribution in [0.25, 0.3) is 10.2 Å². The average molecular weight is 396 g/mol. The number of hydrogen-bond acceptors (Lipinski definition) is 5. The third kappa shape index (κ3) is 4.44. The Morgan fingerprint density at radius 1 is 1.18 bits per heavy atom. The number of aryl methyl sites for hydroxylation is 1. The monoisotopic (exact) mass is 395 g/mol. The van der Waals surface area contributed by atoms with Crippen LogP contribution < -0.4 is 15.0 Å². The largest absolute Gasteiger partial charge is 0.484 e. The Morgan fingerprint density at radius 3 is 2.71 bits per heavy atom. The molecule has 0 unspecified atom stereocenters. The molecule has 5 nitrogen and oxygen atoms in total. The summed E-state index contributed by atoms with van der Waals surface area (Å²) >= 11 is 1.76. The Kier molecular flexibility index (Phi) is 5.76. The second-order valence-corrected chi connectivity index (χ2v) is 8.26. The molecule has 0 atom stereocenters. The Bertz CT molecular complexity index is 915. The maximum absolute atomic E-state index is 12.1. The van der Waals surface area contributed by atoms with E-state index < -0.39 is 0 Å². The lowest BCUT2D eigenvalue weighted by Crippen LogP contribution is -2.39. The zero-order valence-electron chi connectivity index (χ0n) is 16.1. The standard InChI is InChI=1S/C22H25N3O2S/c1-16-6-2-4-8-19(16)27-15-21(26)23-14-17-10-12-25(13-11-17)22-24-18-7-3-5-9-20(18)28-22/h2-9,17H,10-15H2,1H3,(H,23,26). The first-order valence-electron chi connectivity index (χ1n) is 9.74. The minimum Gasteiger partial charge on any atom is -0.484 e.